The third-order valence-electron chi connectivity index (χ3n) is 2.37. The topological polar surface area (TPSA) is 102 Å². The molecule has 0 aromatic rings. The molecule has 0 heterocycles. The van der Waals surface area contributed by atoms with E-state index in [0.717, 1.165) is 0 Å². The van der Waals surface area contributed by atoms with E-state index < -0.39 is 11.5 Å². The minimum absolute atomic E-state index is 0.105. The Balaban J connectivity index is 4.95. The maximum absolute atomic E-state index is 10.9. The number of carbonyl (C=O) groups is 1. The van der Waals surface area contributed by atoms with E-state index >= 15 is 0 Å². The first-order chi connectivity index (χ1) is 5.84. The Kier molecular flexibility index (Phi) is 3.71. The van der Waals surface area contributed by atoms with Crippen LogP contribution in [0.3, 0.4) is 0 Å². The van der Waals surface area contributed by atoms with E-state index in [-0.39, 0.29) is 11.9 Å². The molecule has 0 bridgehead atoms. The van der Waals surface area contributed by atoms with E-state index in [0.29, 0.717) is 6.42 Å². The normalized spacial score (nSPS) is 17.2. The summed E-state index contributed by atoms with van der Waals surface area (Å²) in [7, 11) is 0. The third-order valence-corrected chi connectivity index (χ3v) is 2.37. The molecule has 0 radical (unpaired) electrons. The van der Waals surface area contributed by atoms with Crippen molar-refractivity contribution in [2.75, 3.05) is 0 Å². The molecule has 13 heavy (non-hydrogen) atoms. The summed E-state index contributed by atoms with van der Waals surface area (Å²) >= 11 is 0. The number of carboxylic acid groups (broad SMARTS) is 1. The minimum atomic E-state index is -1.21. The van der Waals surface area contributed by atoms with Crippen molar-refractivity contribution in [1.82, 2.24) is 0 Å². The highest BCUT2D eigenvalue weighted by atomic mass is 16.4. The van der Waals surface area contributed by atoms with Gasteiger partial charge in [-0.15, -0.1) is 0 Å². The first kappa shape index (κ1) is 11.7. The Morgan fingerprint density at radius 3 is 2.31 bits per heavy atom. The summed E-state index contributed by atoms with van der Waals surface area (Å²) in [4.78, 5) is 14.7. The summed E-state index contributed by atoms with van der Waals surface area (Å²) in [5.41, 5.74) is 9.13. The molecular weight excluding hydrogens is 170 g/mol. The Labute approximate surface area is 77.8 Å². The second-order valence-electron chi connectivity index (χ2n) is 3.30. The fraction of sp³-hybridized carbons (Fsp3) is 0.750. The number of hydrogen-bond acceptors (Lipinski definition) is 2. The van der Waals surface area contributed by atoms with Gasteiger partial charge in [-0.3, -0.25) is 0 Å². The van der Waals surface area contributed by atoms with Crippen LogP contribution in [-0.4, -0.2) is 22.6 Å². The van der Waals surface area contributed by atoms with Crippen LogP contribution in [0.5, 0.6) is 0 Å². The molecule has 2 unspecified atom stereocenters. The summed E-state index contributed by atoms with van der Waals surface area (Å²) in [6, 6.07) is 0. The maximum Gasteiger partial charge on any atom is 0.331 e. The van der Waals surface area contributed by atoms with Crippen LogP contribution >= 0.6 is 0 Å². The zero-order valence-electron chi connectivity index (χ0n) is 8.24. The van der Waals surface area contributed by atoms with Gasteiger partial charge in [0, 0.05) is 0 Å². The highest BCUT2D eigenvalue weighted by Gasteiger charge is 2.37. The van der Waals surface area contributed by atoms with Gasteiger partial charge in [0.05, 0.1) is 0 Å². The summed E-state index contributed by atoms with van der Waals surface area (Å²) in [6.45, 7) is 5.22. The number of aliphatic imine (C=N–C) groups is 1. The van der Waals surface area contributed by atoms with Crippen molar-refractivity contribution >= 4 is 11.9 Å². The quantitative estimate of drug-likeness (QED) is 0.430. The molecule has 0 aliphatic rings. The fourth-order valence-electron chi connectivity index (χ4n) is 1.03. The van der Waals surface area contributed by atoms with Crippen LogP contribution in [0.1, 0.15) is 27.2 Å². The third kappa shape index (κ3) is 2.61. The van der Waals surface area contributed by atoms with E-state index in [9.17, 15) is 4.79 Å². The predicted molar refractivity (Wildman–Crippen MR) is 51.3 cm³/mol. The number of rotatable bonds is 4. The molecule has 0 fully saturated rings. The van der Waals surface area contributed by atoms with Crippen molar-refractivity contribution in [1.29, 1.82) is 0 Å². The summed E-state index contributed by atoms with van der Waals surface area (Å²) < 4.78 is 0. The average Bonchev–Trinajstić information content (AvgIpc) is 2.01. The highest BCUT2D eigenvalue weighted by molar-refractivity contribution is 5.84. The standard InChI is InChI=1S/C8H17N3O2/c1-4-5(2)8(3,6(12)13)11-7(9)10/h5H,4H2,1-3H3,(H,12,13)(H4,9,10,11). The molecule has 0 saturated carbocycles. The van der Waals surface area contributed by atoms with Crippen molar-refractivity contribution in [2.24, 2.45) is 22.4 Å². The van der Waals surface area contributed by atoms with Crippen LogP contribution in [0.4, 0.5) is 0 Å². The van der Waals surface area contributed by atoms with Gasteiger partial charge in [-0.2, -0.15) is 0 Å². The van der Waals surface area contributed by atoms with Crippen molar-refractivity contribution in [3.63, 3.8) is 0 Å². The monoisotopic (exact) mass is 187 g/mol. The van der Waals surface area contributed by atoms with E-state index in [1.165, 1.54) is 6.92 Å². The molecule has 5 N–H and O–H groups in total. The molecule has 5 heteroatoms. The number of carboxylic acids is 1. The van der Waals surface area contributed by atoms with Crippen LogP contribution in [0.15, 0.2) is 4.99 Å². The number of nitrogens with zero attached hydrogens (tertiary/aromatic N) is 1. The van der Waals surface area contributed by atoms with E-state index in [2.05, 4.69) is 4.99 Å². The Hall–Kier alpha value is -1.26. The number of guanidine groups is 1. The molecule has 0 aromatic heterocycles. The maximum atomic E-state index is 10.9. The van der Waals surface area contributed by atoms with E-state index in [4.69, 9.17) is 16.6 Å². The van der Waals surface area contributed by atoms with Crippen molar-refractivity contribution in [2.45, 2.75) is 32.7 Å². The Bertz CT molecular complexity index is 223. The molecule has 0 aliphatic heterocycles. The average molecular weight is 187 g/mol. The molecule has 0 saturated heterocycles. The van der Waals surface area contributed by atoms with Gasteiger partial charge in [0.1, 0.15) is 0 Å². The van der Waals surface area contributed by atoms with Gasteiger partial charge in [-0.05, 0) is 12.8 Å². The zero-order chi connectivity index (χ0) is 10.6. The number of hydrogen-bond donors (Lipinski definition) is 3. The van der Waals surface area contributed by atoms with Crippen LogP contribution in [0.2, 0.25) is 0 Å². The van der Waals surface area contributed by atoms with Crippen LogP contribution in [-0.2, 0) is 4.79 Å². The largest absolute Gasteiger partial charge is 0.479 e. The summed E-state index contributed by atoms with van der Waals surface area (Å²) in [6.07, 6.45) is 0.708. The van der Waals surface area contributed by atoms with Crippen molar-refractivity contribution < 1.29 is 9.90 Å². The van der Waals surface area contributed by atoms with Crippen LogP contribution in [0.25, 0.3) is 0 Å². The molecule has 0 rings (SSSR count). The van der Waals surface area contributed by atoms with Crippen LogP contribution < -0.4 is 11.5 Å². The minimum Gasteiger partial charge on any atom is -0.479 e. The van der Waals surface area contributed by atoms with Crippen molar-refractivity contribution in [3.05, 3.63) is 0 Å². The van der Waals surface area contributed by atoms with Gasteiger partial charge >= 0.3 is 5.97 Å². The van der Waals surface area contributed by atoms with Gasteiger partial charge in [-0.1, -0.05) is 20.3 Å². The number of aliphatic carboxylic acids is 1. The first-order valence-electron chi connectivity index (χ1n) is 4.18. The van der Waals surface area contributed by atoms with Gasteiger partial charge in [-0.25, -0.2) is 9.79 Å². The lowest BCUT2D eigenvalue weighted by Gasteiger charge is -2.26. The molecule has 0 aromatic carbocycles. The molecular formula is C8H17N3O2. The van der Waals surface area contributed by atoms with E-state index in [1.807, 2.05) is 6.92 Å². The molecule has 76 valence electrons. The molecule has 5 nitrogen and oxygen atoms in total. The van der Waals surface area contributed by atoms with Crippen molar-refractivity contribution in [3.8, 4) is 0 Å². The lowest BCUT2D eigenvalue weighted by molar-refractivity contribution is -0.144. The molecule has 0 spiro atoms. The van der Waals surface area contributed by atoms with Crippen LogP contribution in [0, 0.1) is 5.92 Å². The molecule has 0 aliphatic carbocycles. The van der Waals surface area contributed by atoms with E-state index in [1.54, 1.807) is 6.92 Å². The summed E-state index contributed by atoms with van der Waals surface area (Å²) in [5, 5.41) is 8.96. The predicted octanol–water partition coefficient (Wildman–Crippen LogP) is 0.149. The second-order valence-corrected chi connectivity index (χ2v) is 3.30. The zero-order valence-corrected chi connectivity index (χ0v) is 8.24. The Morgan fingerprint density at radius 2 is 2.08 bits per heavy atom. The highest BCUT2D eigenvalue weighted by Crippen LogP contribution is 2.24. The first-order valence-corrected chi connectivity index (χ1v) is 4.18. The fourth-order valence-corrected chi connectivity index (χ4v) is 1.03. The van der Waals surface area contributed by atoms with Gasteiger partial charge in [0.2, 0.25) is 0 Å². The SMILES string of the molecule is CCC(C)C(C)(N=C(N)N)C(=O)O. The van der Waals surface area contributed by atoms with Gasteiger partial charge in [0.15, 0.2) is 11.5 Å². The molecule has 2 atom stereocenters. The molecule has 0 amide bonds. The van der Waals surface area contributed by atoms with Gasteiger partial charge < -0.3 is 16.6 Å². The second kappa shape index (κ2) is 4.11. The van der Waals surface area contributed by atoms with Gasteiger partial charge in [0.25, 0.3) is 0 Å². The lowest BCUT2D eigenvalue weighted by Crippen LogP contribution is -2.43. The number of nitrogens with two attached hydrogens (primary N) is 2. The lowest BCUT2D eigenvalue weighted by atomic mass is 9.86. The smallest absolute Gasteiger partial charge is 0.331 e. The Morgan fingerprint density at radius 1 is 1.62 bits per heavy atom. The summed E-state index contributed by atoms with van der Waals surface area (Å²) in [5.74, 6) is -1.30.